The van der Waals surface area contributed by atoms with Crippen LogP contribution in [0.4, 0.5) is 10.3 Å². The van der Waals surface area contributed by atoms with Gasteiger partial charge in [0, 0.05) is 33.1 Å². The second-order valence-corrected chi connectivity index (χ2v) is 7.85. The van der Waals surface area contributed by atoms with Gasteiger partial charge in [0.05, 0.1) is 17.6 Å². The number of rotatable bonds is 4. The molecule has 1 aromatic heterocycles. The van der Waals surface area contributed by atoms with Crippen molar-refractivity contribution in [1.82, 2.24) is 14.5 Å². The molecule has 0 spiro atoms. The van der Waals surface area contributed by atoms with Crippen LogP contribution in [0.25, 0.3) is 11.0 Å². The number of imidazole rings is 1. The zero-order valence-electron chi connectivity index (χ0n) is 18.3. The van der Waals surface area contributed by atoms with E-state index in [-0.39, 0.29) is 17.8 Å². The van der Waals surface area contributed by atoms with Gasteiger partial charge in [0.2, 0.25) is 5.95 Å². The van der Waals surface area contributed by atoms with Crippen LogP contribution in [0, 0.1) is 11.2 Å². The first-order valence-electron chi connectivity index (χ1n) is 10.5. The summed E-state index contributed by atoms with van der Waals surface area (Å²) >= 11 is 0. The van der Waals surface area contributed by atoms with E-state index in [2.05, 4.69) is 15.5 Å². The Morgan fingerprint density at radius 3 is 2.41 bits per heavy atom. The predicted octanol–water partition coefficient (Wildman–Crippen LogP) is 3.11. The van der Waals surface area contributed by atoms with Crippen LogP contribution < -0.4 is 10.6 Å². The summed E-state index contributed by atoms with van der Waals surface area (Å²) in [6, 6.07) is 15.0. The van der Waals surface area contributed by atoms with Crippen molar-refractivity contribution in [2.75, 3.05) is 25.0 Å². The maximum absolute atomic E-state index is 13.3. The first kappa shape index (κ1) is 23.1. The molecule has 32 heavy (non-hydrogen) atoms. The van der Waals surface area contributed by atoms with Crippen molar-refractivity contribution in [3.63, 3.8) is 0 Å². The van der Waals surface area contributed by atoms with Gasteiger partial charge in [0.1, 0.15) is 5.82 Å². The highest BCUT2D eigenvalue weighted by atomic mass is 19.1. The minimum Gasteiger partial charge on any atom is -0.481 e. The number of carboxylic acids is 1. The number of nitrogens with zero attached hydrogens (tertiary/aromatic N) is 4. The number of benzene rings is 2. The quantitative estimate of drug-likeness (QED) is 0.425. The molecule has 170 valence electrons. The van der Waals surface area contributed by atoms with E-state index in [0.717, 1.165) is 55.4 Å². The molecule has 0 amide bonds. The number of para-hydroxylation sites is 2. The van der Waals surface area contributed by atoms with Crippen molar-refractivity contribution < 1.29 is 14.3 Å². The Labute approximate surface area is 186 Å². The van der Waals surface area contributed by atoms with Gasteiger partial charge in [-0.05, 0) is 42.7 Å². The number of guanidine groups is 1. The molecule has 4 rings (SSSR count). The van der Waals surface area contributed by atoms with E-state index in [9.17, 15) is 4.39 Å². The topological polar surface area (TPSA) is 111 Å². The monoisotopic (exact) mass is 440 g/mol. The number of nitrogens with two attached hydrogens (primary N) is 1. The second-order valence-electron chi connectivity index (χ2n) is 7.85. The number of hydrogen-bond acceptors (Lipinski definition) is 4. The third-order valence-corrected chi connectivity index (χ3v) is 5.56. The predicted molar refractivity (Wildman–Crippen MR) is 123 cm³/mol. The minimum absolute atomic E-state index is 0.113. The van der Waals surface area contributed by atoms with Crippen molar-refractivity contribution in [3.8, 4) is 0 Å². The third-order valence-electron chi connectivity index (χ3n) is 5.56. The number of aliphatic carboxylic acids is 1. The molecule has 1 aliphatic rings. The van der Waals surface area contributed by atoms with Crippen LogP contribution in [0.1, 0.15) is 25.3 Å². The largest absolute Gasteiger partial charge is 0.481 e. The molecule has 0 bridgehead atoms. The number of anilines is 1. The molecule has 1 fully saturated rings. The van der Waals surface area contributed by atoms with E-state index in [4.69, 9.17) is 26.0 Å². The number of halogens is 1. The molecular weight excluding hydrogens is 411 g/mol. The van der Waals surface area contributed by atoms with Gasteiger partial charge < -0.3 is 25.2 Å². The molecule has 0 saturated carbocycles. The fourth-order valence-corrected chi connectivity index (χ4v) is 3.88. The van der Waals surface area contributed by atoms with E-state index in [1.165, 1.54) is 12.1 Å². The minimum atomic E-state index is -0.833. The molecule has 1 saturated heterocycles. The summed E-state index contributed by atoms with van der Waals surface area (Å²) in [6.45, 7) is 3.44. The maximum Gasteiger partial charge on any atom is 0.300 e. The van der Waals surface area contributed by atoms with Crippen molar-refractivity contribution in [3.05, 3.63) is 59.9 Å². The van der Waals surface area contributed by atoms with Gasteiger partial charge in [-0.1, -0.05) is 24.3 Å². The Hall–Kier alpha value is -3.62. The molecule has 2 aromatic carbocycles. The molecule has 8 nitrogen and oxygen atoms in total. The highest BCUT2D eigenvalue weighted by Crippen LogP contribution is 2.27. The number of piperidine rings is 1. The molecule has 4 N–H and O–H groups in total. The molecule has 9 heteroatoms. The Bertz CT molecular complexity index is 1070. The normalized spacial score (nSPS) is 14.0. The van der Waals surface area contributed by atoms with Crippen LogP contribution in [0.3, 0.4) is 0 Å². The summed E-state index contributed by atoms with van der Waals surface area (Å²) in [6.07, 6.45) is 1.85. The van der Waals surface area contributed by atoms with Crippen LogP contribution in [0.2, 0.25) is 0 Å². The van der Waals surface area contributed by atoms with E-state index < -0.39 is 5.97 Å². The Balaban J connectivity index is 0.000000668. The van der Waals surface area contributed by atoms with Gasteiger partial charge in [-0.2, -0.15) is 0 Å². The molecule has 0 atom stereocenters. The lowest BCUT2D eigenvalue weighted by Crippen LogP contribution is -2.48. The fraction of sp³-hybridized carbons (Fsp3) is 0.348. The van der Waals surface area contributed by atoms with E-state index >= 15 is 0 Å². The average Bonchev–Trinajstić information content (AvgIpc) is 3.13. The lowest BCUT2D eigenvalue weighted by Gasteiger charge is -2.37. The number of carboxylic acid groups (broad SMARTS) is 1. The number of fused-ring (bicyclic) bond motifs is 1. The summed E-state index contributed by atoms with van der Waals surface area (Å²) in [7, 11) is 1.88. The summed E-state index contributed by atoms with van der Waals surface area (Å²) in [5, 5.41) is 15.1. The molecule has 3 aromatic rings. The van der Waals surface area contributed by atoms with Crippen molar-refractivity contribution in [1.29, 1.82) is 5.41 Å². The van der Waals surface area contributed by atoms with E-state index in [1.807, 2.05) is 42.3 Å². The van der Waals surface area contributed by atoms with Gasteiger partial charge in [-0.15, -0.1) is 0 Å². The Kier molecular flexibility index (Phi) is 7.29. The summed E-state index contributed by atoms with van der Waals surface area (Å²) in [4.78, 5) is 18.0. The standard InChI is InChI=1S/C21H25FN6.C2H4O2/c1-26(20(23)24)17-10-12-27(13-11-17)21-25-18-4-2-3-5-19(18)28(21)14-15-6-8-16(22)9-7-15;1-2(3)4/h2-9,17H,10-14H2,1H3,(H3,23,24);1H3,(H,3,4). The van der Waals surface area contributed by atoms with E-state index in [0.29, 0.717) is 6.54 Å². The molecular formula is C23H29FN6O2. The van der Waals surface area contributed by atoms with Crippen molar-refractivity contribution in [2.24, 2.45) is 5.73 Å². The highest BCUT2D eigenvalue weighted by molar-refractivity contribution is 5.79. The number of hydrogen-bond donors (Lipinski definition) is 3. The summed E-state index contributed by atoms with van der Waals surface area (Å²) < 4.78 is 15.5. The van der Waals surface area contributed by atoms with Gasteiger partial charge in [-0.3, -0.25) is 10.2 Å². The van der Waals surface area contributed by atoms with Crippen LogP contribution in [0.15, 0.2) is 48.5 Å². The molecule has 0 aliphatic carbocycles. The van der Waals surface area contributed by atoms with Gasteiger partial charge in [-0.25, -0.2) is 9.37 Å². The Morgan fingerprint density at radius 1 is 1.22 bits per heavy atom. The SMILES string of the molecule is CC(=O)O.CN(C(=N)N)C1CCN(c2nc3ccccc3n2Cc2ccc(F)cc2)CC1. The van der Waals surface area contributed by atoms with Gasteiger partial charge in [0.25, 0.3) is 5.97 Å². The highest BCUT2D eigenvalue weighted by Gasteiger charge is 2.26. The van der Waals surface area contributed by atoms with Crippen molar-refractivity contribution >= 4 is 28.9 Å². The van der Waals surface area contributed by atoms with Gasteiger partial charge >= 0.3 is 0 Å². The van der Waals surface area contributed by atoms with Crippen LogP contribution in [-0.2, 0) is 11.3 Å². The first-order chi connectivity index (χ1) is 15.3. The zero-order chi connectivity index (χ0) is 23.3. The first-order valence-corrected chi connectivity index (χ1v) is 10.5. The molecule has 2 heterocycles. The average molecular weight is 441 g/mol. The zero-order valence-corrected chi connectivity index (χ0v) is 18.3. The smallest absolute Gasteiger partial charge is 0.300 e. The van der Waals surface area contributed by atoms with Crippen LogP contribution >= 0.6 is 0 Å². The van der Waals surface area contributed by atoms with Crippen LogP contribution in [-0.4, -0.2) is 57.7 Å². The van der Waals surface area contributed by atoms with Crippen LogP contribution in [0.5, 0.6) is 0 Å². The maximum atomic E-state index is 13.3. The van der Waals surface area contributed by atoms with E-state index in [1.54, 1.807) is 0 Å². The fourth-order valence-electron chi connectivity index (χ4n) is 3.88. The molecule has 0 unspecified atom stereocenters. The molecule has 1 aliphatic heterocycles. The second kappa shape index (κ2) is 10.1. The number of aromatic nitrogens is 2. The van der Waals surface area contributed by atoms with Crippen molar-refractivity contribution in [2.45, 2.75) is 32.4 Å². The summed E-state index contributed by atoms with van der Waals surface area (Å²) in [5.41, 5.74) is 8.71. The van der Waals surface area contributed by atoms with Gasteiger partial charge in [0.15, 0.2) is 5.96 Å². The lowest BCUT2D eigenvalue weighted by molar-refractivity contribution is -0.134. The third kappa shape index (κ3) is 5.54. The Morgan fingerprint density at radius 2 is 1.81 bits per heavy atom. The summed E-state index contributed by atoms with van der Waals surface area (Å²) in [5.74, 6) is -0.00687. The lowest BCUT2D eigenvalue weighted by atomic mass is 10.0. The molecule has 0 radical (unpaired) electrons. The number of nitrogens with one attached hydrogen (secondary N) is 1. The number of carbonyl (C=O) groups is 1.